The fourth-order valence-corrected chi connectivity index (χ4v) is 2.24. The summed E-state index contributed by atoms with van der Waals surface area (Å²) in [4.78, 5) is 12.0. The molecule has 0 aromatic heterocycles. The molecule has 5 nitrogen and oxygen atoms in total. The number of nitrogens with one attached hydrogen (secondary N) is 2. The van der Waals surface area contributed by atoms with Gasteiger partial charge in [0, 0.05) is 29.1 Å². The molecule has 1 heterocycles. The molecule has 0 radical (unpaired) electrons. The highest BCUT2D eigenvalue weighted by molar-refractivity contribution is 9.10. The van der Waals surface area contributed by atoms with E-state index in [2.05, 4.69) is 26.6 Å². The molecule has 0 fully saturated rings. The van der Waals surface area contributed by atoms with Gasteiger partial charge < -0.3 is 20.1 Å². The Kier molecular flexibility index (Phi) is 4.66. The van der Waals surface area contributed by atoms with Crippen molar-refractivity contribution in [2.75, 3.05) is 32.1 Å². The first-order chi connectivity index (χ1) is 9.11. The normalized spacial score (nSPS) is 14.9. The van der Waals surface area contributed by atoms with Gasteiger partial charge in [0.15, 0.2) is 11.5 Å². The Morgan fingerprint density at radius 1 is 1.37 bits per heavy atom. The number of carbonyl (C=O) groups is 1. The van der Waals surface area contributed by atoms with Crippen LogP contribution in [0.25, 0.3) is 0 Å². The van der Waals surface area contributed by atoms with Crippen LogP contribution >= 0.6 is 15.9 Å². The number of benzene rings is 1. The van der Waals surface area contributed by atoms with E-state index in [1.165, 1.54) is 0 Å². The Morgan fingerprint density at radius 2 is 2.00 bits per heavy atom. The first-order valence-corrected chi connectivity index (χ1v) is 6.95. The van der Waals surface area contributed by atoms with Gasteiger partial charge in [0.2, 0.25) is 5.91 Å². The summed E-state index contributed by atoms with van der Waals surface area (Å²) in [6.45, 7) is 3.58. The van der Waals surface area contributed by atoms with Gasteiger partial charge in [0.05, 0.1) is 5.69 Å². The molecule has 6 heteroatoms. The Labute approximate surface area is 120 Å². The zero-order valence-electron chi connectivity index (χ0n) is 11.0. The van der Waals surface area contributed by atoms with Gasteiger partial charge in [-0.15, -0.1) is 0 Å². The van der Waals surface area contributed by atoms with Gasteiger partial charge >= 0.3 is 0 Å². The average Bonchev–Trinajstić information content (AvgIpc) is 2.39. The summed E-state index contributed by atoms with van der Waals surface area (Å²) in [6.07, 6.45) is 0. The minimum absolute atomic E-state index is 0.0354. The maximum absolute atomic E-state index is 12.0. The third-order valence-electron chi connectivity index (χ3n) is 2.85. The molecule has 1 amide bonds. The molecule has 2 N–H and O–H groups in total. The van der Waals surface area contributed by atoms with Crippen molar-refractivity contribution in [3.63, 3.8) is 0 Å². The molecular formula is C13H17BrN2O3. The summed E-state index contributed by atoms with van der Waals surface area (Å²) in [5, 5.41) is 5.86. The lowest BCUT2D eigenvalue weighted by atomic mass is 10.1. The van der Waals surface area contributed by atoms with Crippen LogP contribution in [0.15, 0.2) is 16.6 Å². The number of hydrogen-bond acceptors (Lipinski definition) is 4. The van der Waals surface area contributed by atoms with E-state index in [4.69, 9.17) is 9.47 Å². The van der Waals surface area contributed by atoms with Crippen LogP contribution < -0.4 is 20.1 Å². The summed E-state index contributed by atoms with van der Waals surface area (Å²) in [5.74, 6) is 1.21. The molecule has 1 aromatic rings. The quantitative estimate of drug-likeness (QED) is 0.887. The monoisotopic (exact) mass is 328 g/mol. The predicted octanol–water partition coefficient (Wildman–Crippen LogP) is 2.01. The molecule has 1 atom stereocenters. The summed E-state index contributed by atoms with van der Waals surface area (Å²) < 4.78 is 11.8. The van der Waals surface area contributed by atoms with Gasteiger partial charge in [-0.1, -0.05) is 6.92 Å². The first-order valence-electron chi connectivity index (χ1n) is 6.16. The second kappa shape index (κ2) is 6.25. The van der Waals surface area contributed by atoms with E-state index < -0.39 is 0 Å². The van der Waals surface area contributed by atoms with Crippen LogP contribution in [-0.4, -0.2) is 32.7 Å². The third-order valence-corrected chi connectivity index (χ3v) is 3.50. The second-order valence-electron chi connectivity index (χ2n) is 4.42. The maximum atomic E-state index is 12.0. The third kappa shape index (κ3) is 3.39. The Morgan fingerprint density at radius 3 is 2.63 bits per heavy atom. The largest absolute Gasteiger partial charge is 0.486 e. The molecule has 2 rings (SSSR count). The van der Waals surface area contributed by atoms with Crippen molar-refractivity contribution < 1.29 is 14.3 Å². The predicted molar refractivity (Wildman–Crippen MR) is 76.9 cm³/mol. The Hall–Kier alpha value is -1.27. The number of amides is 1. The fourth-order valence-electron chi connectivity index (χ4n) is 1.81. The molecule has 1 unspecified atom stereocenters. The topological polar surface area (TPSA) is 59.6 Å². The van der Waals surface area contributed by atoms with Crippen LogP contribution in [0.3, 0.4) is 0 Å². The van der Waals surface area contributed by atoms with Crippen molar-refractivity contribution in [2.45, 2.75) is 6.92 Å². The fraction of sp³-hybridized carbons (Fsp3) is 0.462. The summed E-state index contributed by atoms with van der Waals surface area (Å²) >= 11 is 3.43. The lowest BCUT2D eigenvalue weighted by Gasteiger charge is -2.20. The number of carbonyl (C=O) groups excluding carboxylic acids is 1. The van der Waals surface area contributed by atoms with Crippen molar-refractivity contribution in [2.24, 2.45) is 5.92 Å². The molecule has 1 aliphatic rings. The molecule has 0 spiro atoms. The van der Waals surface area contributed by atoms with Gasteiger partial charge in [-0.2, -0.15) is 0 Å². The van der Waals surface area contributed by atoms with Crippen LogP contribution in [0.5, 0.6) is 11.5 Å². The second-order valence-corrected chi connectivity index (χ2v) is 5.28. The zero-order chi connectivity index (χ0) is 13.8. The maximum Gasteiger partial charge on any atom is 0.228 e. The zero-order valence-corrected chi connectivity index (χ0v) is 12.5. The summed E-state index contributed by atoms with van der Waals surface area (Å²) in [6, 6.07) is 3.59. The van der Waals surface area contributed by atoms with E-state index in [0.29, 0.717) is 36.9 Å². The van der Waals surface area contributed by atoms with E-state index in [-0.39, 0.29) is 11.8 Å². The van der Waals surface area contributed by atoms with Gasteiger partial charge in [-0.25, -0.2) is 0 Å². The van der Waals surface area contributed by atoms with Crippen molar-refractivity contribution in [3.8, 4) is 11.5 Å². The molecule has 0 aliphatic carbocycles. The molecule has 0 bridgehead atoms. The highest BCUT2D eigenvalue weighted by atomic mass is 79.9. The minimum atomic E-state index is -0.106. The molecule has 1 aliphatic heterocycles. The first kappa shape index (κ1) is 14.1. The minimum Gasteiger partial charge on any atom is -0.486 e. The van der Waals surface area contributed by atoms with E-state index >= 15 is 0 Å². The number of rotatable bonds is 4. The van der Waals surface area contributed by atoms with Crippen LogP contribution in [-0.2, 0) is 4.79 Å². The molecular weight excluding hydrogens is 312 g/mol. The summed E-state index contributed by atoms with van der Waals surface area (Å²) in [7, 11) is 1.82. The van der Waals surface area contributed by atoms with E-state index in [0.717, 1.165) is 4.47 Å². The highest BCUT2D eigenvalue weighted by Crippen LogP contribution is 2.38. The molecule has 104 valence electrons. The van der Waals surface area contributed by atoms with Crippen molar-refractivity contribution in [1.82, 2.24) is 5.32 Å². The Bertz CT molecular complexity index is 479. The molecule has 0 saturated heterocycles. The van der Waals surface area contributed by atoms with Crippen LogP contribution in [0.2, 0.25) is 0 Å². The molecule has 1 aromatic carbocycles. The number of fused-ring (bicyclic) bond motifs is 1. The highest BCUT2D eigenvalue weighted by Gasteiger charge is 2.18. The van der Waals surface area contributed by atoms with Crippen LogP contribution in [0, 0.1) is 5.92 Å². The number of ether oxygens (including phenoxy) is 2. The van der Waals surface area contributed by atoms with Gasteiger partial charge in [0.25, 0.3) is 0 Å². The number of hydrogen-bond donors (Lipinski definition) is 2. The lowest BCUT2D eigenvalue weighted by molar-refractivity contribution is -0.119. The van der Waals surface area contributed by atoms with E-state index in [1.807, 2.05) is 20.0 Å². The SMILES string of the molecule is CNCC(C)C(=O)Nc1cc2c(cc1Br)OCCO2. The van der Waals surface area contributed by atoms with Crippen LogP contribution in [0.4, 0.5) is 5.69 Å². The number of halogens is 1. The average molecular weight is 329 g/mol. The smallest absolute Gasteiger partial charge is 0.228 e. The molecule has 0 saturated carbocycles. The van der Waals surface area contributed by atoms with Crippen molar-refractivity contribution >= 4 is 27.5 Å². The standard InChI is InChI=1S/C13H17BrN2O3/c1-8(7-15-2)13(17)16-10-6-12-11(5-9(10)14)18-3-4-19-12/h5-6,8,15H,3-4,7H2,1-2H3,(H,16,17). The van der Waals surface area contributed by atoms with E-state index in [1.54, 1.807) is 6.07 Å². The van der Waals surface area contributed by atoms with Crippen molar-refractivity contribution in [3.05, 3.63) is 16.6 Å². The Balaban J connectivity index is 2.14. The lowest BCUT2D eigenvalue weighted by Crippen LogP contribution is -2.28. The van der Waals surface area contributed by atoms with Gasteiger partial charge in [0.1, 0.15) is 13.2 Å². The number of anilines is 1. The van der Waals surface area contributed by atoms with E-state index in [9.17, 15) is 4.79 Å². The summed E-state index contributed by atoms with van der Waals surface area (Å²) in [5.41, 5.74) is 0.692. The molecule has 19 heavy (non-hydrogen) atoms. The van der Waals surface area contributed by atoms with Gasteiger partial charge in [-0.05, 0) is 23.0 Å². The van der Waals surface area contributed by atoms with Gasteiger partial charge in [-0.3, -0.25) is 4.79 Å². The van der Waals surface area contributed by atoms with Crippen LogP contribution in [0.1, 0.15) is 6.92 Å². The van der Waals surface area contributed by atoms with Crippen molar-refractivity contribution in [1.29, 1.82) is 0 Å².